The van der Waals surface area contributed by atoms with Crippen LogP contribution < -0.4 is 10.1 Å². The van der Waals surface area contributed by atoms with Crippen LogP contribution in [0.5, 0.6) is 5.75 Å². The zero-order valence-electron chi connectivity index (χ0n) is 17.2. The van der Waals surface area contributed by atoms with E-state index in [0.29, 0.717) is 28.1 Å². The molecule has 0 atom stereocenters. The highest BCUT2D eigenvalue weighted by Crippen LogP contribution is 2.22. The molecular weight excluding hydrogens is 397 g/mol. The van der Waals surface area contributed by atoms with Crippen LogP contribution in [-0.4, -0.2) is 25.6 Å². The molecule has 0 spiro atoms. The van der Waals surface area contributed by atoms with Crippen LogP contribution in [0.25, 0.3) is 11.6 Å². The summed E-state index contributed by atoms with van der Waals surface area (Å²) < 4.78 is 24.1. The first-order valence-electron chi connectivity index (χ1n) is 9.60. The molecule has 0 aromatic heterocycles. The van der Waals surface area contributed by atoms with Gasteiger partial charge in [-0.05, 0) is 54.0 Å². The molecule has 1 N–H and O–H groups in total. The van der Waals surface area contributed by atoms with Gasteiger partial charge < -0.3 is 14.8 Å². The number of esters is 1. The Hall–Kier alpha value is -3.93. The first kappa shape index (κ1) is 21.8. The number of benzene rings is 3. The Morgan fingerprint density at radius 1 is 1.00 bits per heavy atom. The Bertz CT molecular complexity index is 1110. The van der Waals surface area contributed by atoms with Gasteiger partial charge in [0.2, 0.25) is 0 Å². The summed E-state index contributed by atoms with van der Waals surface area (Å²) >= 11 is 0. The molecule has 158 valence electrons. The monoisotopic (exact) mass is 419 g/mol. The highest BCUT2D eigenvalue weighted by atomic mass is 19.1. The molecule has 0 radical (unpaired) electrons. The number of rotatable bonds is 7. The summed E-state index contributed by atoms with van der Waals surface area (Å²) in [5, 5.41) is 2.52. The Morgan fingerprint density at radius 2 is 1.77 bits per heavy atom. The minimum atomic E-state index is -0.653. The quantitative estimate of drug-likeness (QED) is 0.337. The van der Waals surface area contributed by atoms with Crippen molar-refractivity contribution in [1.82, 2.24) is 0 Å². The average molecular weight is 419 g/mol. The molecular formula is C25H22FNO4. The normalized spacial score (nSPS) is 11.0. The Morgan fingerprint density at radius 3 is 2.48 bits per heavy atom. The van der Waals surface area contributed by atoms with E-state index in [1.165, 1.54) is 6.07 Å². The zero-order chi connectivity index (χ0) is 22.2. The summed E-state index contributed by atoms with van der Waals surface area (Å²) in [4.78, 5) is 25.0. The third kappa shape index (κ3) is 6.02. The van der Waals surface area contributed by atoms with Gasteiger partial charge in [0, 0.05) is 5.69 Å². The molecule has 0 unspecified atom stereocenters. The van der Waals surface area contributed by atoms with Crippen molar-refractivity contribution in [2.24, 2.45) is 0 Å². The predicted octanol–water partition coefficient (Wildman–Crippen LogP) is 4.87. The number of carbonyl (C=O) groups excluding carboxylic acids is 2. The van der Waals surface area contributed by atoms with E-state index in [2.05, 4.69) is 5.32 Å². The van der Waals surface area contributed by atoms with Crippen LogP contribution in [0.1, 0.15) is 16.7 Å². The molecule has 0 saturated carbocycles. The number of halogens is 1. The minimum Gasteiger partial charge on any atom is -0.497 e. The van der Waals surface area contributed by atoms with Crippen molar-refractivity contribution in [1.29, 1.82) is 0 Å². The molecule has 31 heavy (non-hydrogen) atoms. The van der Waals surface area contributed by atoms with Gasteiger partial charge in [0.1, 0.15) is 11.6 Å². The van der Waals surface area contributed by atoms with Crippen LogP contribution in [0.4, 0.5) is 10.1 Å². The van der Waals surface area contributed by atoms with E-state index in [9.17, 15) is 14.0 Å². The van der Waals surface area contributed by atoms with Crippen LogP contribution in [0.15, 0.2) is 72.8 Å². The molecule has 3 aromatic carbocycles. The number of anilines is 1. The lowest BCUT2D eigenvalue weighted by Crippen LogP contribution is -2.21. The van der Waals surface area contributed by atoms with E-state index in [0.717, 1.165) is 5.56 Å². The lowest BCUT2D eigenvalue weighted by atomic mass is 10.0. The third-order valence-corrected chi connectivity index (χ3v) is 4.50. The smallest absolute Gasteiger partial charge is 0.339 e. The number of hydrogen-bond donors (Lipinski definition) is 1. The van der Waals surface area contributed by atoms with Gasteiger partial charge in [0.05, 0.1) is 12.7 Å². The number of methoxy groups -OCH3 is 1. The number of aryl methyl sites for hydroxylation is 1. The van der Waals surface area contributed by atoms with Crippen LogP contribution >= 0.6 is 0 Å². The highest BCUT2D eigenvalue weighted by Gasteiger charge is 2.16. The summed E-state index contributed by atoms with van der Waals surface area (Å²) in [6.07, 6.45) is 1.67. The van der Waals surface area contributed by atoms with Gasteiger partial charge in [0.25, 0.3) is 5.91 Å². The zero-order valence-corrected chi connectivity index (χ0v) is 17.2. The minimum absolute atomic E-state index is 0.291. The van der Waals surface area contributed by atoms with E-state index >= 15 is 0 Å². The third-order valence-electron chi connectivity index (χ3n) is 4.50. The molecule has 0 heterocycles. The number of amides is 1. The molecule has 6 heteroatoms. The number of ether oxygens (including phenoxy) is 2. The van der Waals surface area contributed by atoms with Crippen molar-refractivity contribution in [2.45, 2.75) is 6.92 Å². The van der Waals surface area contributed by atoms with Crippen molar-refractivity contribution >= 4 is 29.2 Å². The molecule has 0 fully saturated rings. The van der Waals surface area contributed by atoms with Crippen molar-refractivity contribution in [2.75, 3.05) is 19.0 Å². The van der Waals surface area contributed by atoms with Crippen molar-refractivity contribution in [3.8, 4) is 5.75 Å². The van der Waals surface area contributed by atoms with Crippen LogP contribution in [0.2, 0.25) is 0 Å². The van der Waals surface area contributed by atoms with E-state index in [-0.39, 0.29) is 0 Å². The molecule has 0 bridgehead atoms. The molecule has 5 nitrogen and oxygen atoms in total. The van der Waals surface area contributed by atoms with E-state index in [1.807, 2.05) is 18.2 Å². The topological polar surface area (TPSA) is 64.6 Å². The molecule has 1 amide bonds. The van der Waals surface area contributed by atoms with Gasteiger partial charge in [-0.15, -0.1) is 0 Å². The van der Waals surface area contributed by atoms with Crippen molar-refractivity contribution < 1.29 is 23.5 Å². The fourth-order valence-electron chi connectivity index (χ4n) is 2.85. The van der Waals surface area contributed by atoms with Crippen molar-refractivity contribution in [3.05, 3.63) is 95.3 Å². The highest BCUT2D eigenvalue weighted by molar-refractivity contribution is 6.22. The van der Waals surface area contributed by atoms with Gasteiger partial charge in [0.15, 0.2) is 6.61 Å². The maximum atomic E-state index is 13.6. The number of carbonyl (C=O) groups is 2. The fraction of sp³-hybridized carbons (Fsp3) is 0.120. The summed E-state index contributed by atoms with van der Waals surface area (Å²) in [6.45, 7) is 1.12. The van der Waals surface area contributed by atoms with Gasteiger partial charge in [-0.3, -0.25) is 4.79 Å². The molecule has 0 aliphatic heterocycles. The summed E-state index contributed by atoms with van der Waals surface area (Å²) in [5.41, 5.74) is 2.45. The average Bonchev–Trinajstić information content (AvgIpc) is 2.79. The van der Waals surface area contributed by atoms with Crippen molar-refractivity contribution in [3.63, 3.8) is 0 Å². The number of hydrogen-bond acceptors (Lipinski definition) is 4. The summed E-state index contributed by atoms with van der Waals surface area (Å²) in [6, 6.07) is 20.6. The first-order chi connectivity index (χ1) is 15.0. The Balaban J connectivity index is 1.74. The lowest BCUT2D eigenvalue weighted by Gasteiger charge is -2.10. The van der Waals surface area contributed by atoms with Gasteiger partial charge in [-0.25, -0.2) is 9.18 Å². The van der Waals surface area contributed by atoms with Gasteiger partial charge in [-0.1, -0.05) is 48.5 Å². The molecule has 0 saturated heterocycles. The lowest BCUT2D eigenvalue weighted by molar-refractivity contribution is -0.141. The maximum Gasteiger partial charge on any atom is 0.339 e. The molecule has 3 aromatic rings. The standard InChI is InChI=1S/C25H22FNO4/c1-17-11-12-20(15-23(17)26)27-24(28)16-31-25(29)22(19-8-4-3-5-9-19)14-18-7-6-10-21(13-18)30-2/h3-15H,16H2,1-2H3,(H,27,28). The number of nitrogens with one attached hydrogen (secondary N) is 1. The second-order valence-corrected chi connectivity index (χ2v) is 6.79. The predicted molar refractivity (Wildman–Crippen MR) is 118 cm³/mol. The van der Waals surface area contributed by atoms with Crippen LogP contribution in [0.3, 0.4) is 0 Å². The Labute approximate surface area is 180 Å². The van der Waals surface area contributed by atoms with Gasteiger partial charge in [-0.2, -0.15) is 0 Å². The SMILES string of the molecule is COc1cccc(C=C(C(=O)OCC(=O)Nc2ccc(C)c(F)c2)c2ccccc2)c1. The van der Waals surface area contributed by atoms with Crippen LogP contribution in [-0.2, 0) is 14.3 Å². The molecule has 0 aliphatic rings. The Kier molecular flexibility index (Phi) is 7.17. The summed E-state index contributed by atoms with van der Waals surface area (Å²) in [7, 11) is 1.56. The van der Waals surface area contributed by atoms with E-state index in [1.54, 1.807) is 68.6 Å². The fourth-order valence-corrected chi connectivity index (χ4v) is 2.85. The van der Waals surface area contributed by atoms with E-state index in [4.69, 9.17) is 9.47 Å². The maximum absolute atomic E-state index is 13.6. The largest absolute Gasteiger partial charge is 0.497 e. The summed E-state index contributed by atoms with van der Waals surface area (Å²) in [5.74, 6) is -0.994. The second-order valence-electron chi connectivity index (χ2n) is 6.79. The van der Waals surface area contributed by atoms with Crippen LogP contribution in [0, 0.1) is 12.7 Å². The second kappa shape index (κ2) is 10.2. The van der Waals surface area contributed by atoms with Gasteiger partial charge >= 0.3 is 5.97 Å². The molecule has 3 rings (SSSR count). The first-order valence-corrected chi connectivity index (χ1v) is 9.60. The molecule has 0 aliphatic carbocycles. The van der Waals surface area contributed by atoms with E-state index < -0.39 is 24.3 Å².